The lowest BCUT2D eigenvalue weighted by Crippen LogP contribution is -2.58. The van der Waals surface area contributed by atoms with Crippen molar-refractivity contribution in [1.29, 1.82) is 0 Å². The molecule has 0 aromatic carbocycles. The van der Waals surface area contributed by atoms with Gasteiger partial charge < -0.3 is 14.0 Å². The minimum absolute atomic E-state index is 0.186. The molecule has 3 atom stereocenters. The molecule has 29 heavy (non-hydrogen) atoms. The number of carbonyl (C=O) groups excluding carboxylic acids is 2. The molecule has 0 heterocycles. The second-order valence-corrected chi connectivity index (χ2v) is 9.73. The lowest BCUT2D eigenvalue weighted by molar-refractivity contribution is -0.193. The highest BCUT2D eigenvalue weighted by Gasteiger charge is 2.64. The third-order valence-corrected chi connectivity index (χ3v) is 7.36. The van der Waals surface area contributed by atoms with Gasteiger partial charge in [0.15, 0.2) is 0 Å². The lowest BCUT2D eigenvalue weighted by atomic mass is 9.44. The van der Waals surface area contributed by atoms with Crippen LogP contribution in [0.2, 0.25) is 0 Å². The van der Waals surface area contributed by atoms with Crippen molar-refractivity contribution in [2.24, 2.45) is 22.7 Å². The van der Waals surface area contributed by atoms with Crippen molar-refractivity contribution >= 4 is 23.0 Å². The van der Waals surface area contributed by atoms with Crippen LogP contribution in [0.5, 0.6) is 0 Å². The van der Waals surface area contributed by atoms with Crippen molar-refractivity contribution in [3.63, 3.8) is 0 Å². The molecule has 0 spiro atoms. The molecule has 0 radical (unpaired) electrons. The average Bonchev–Trinajstić information content (AvgIpc) is 2.62. The van der Waals surface area contributed by atoms with Crippen LogP contribution in [0.25, 0.3) is 0 Å². The van der Waals surface area contributed by atoms with Gasteiger partial charge in [-0.3, -0.25) is 9.59 Å². The van der Waals surface area contributed by atoms with Crippen molar-refractivity contribution in [1.82, 2.24) is 0 Å². The van der Waals surface area contributed by atoms with Crippen molar-refractivity contribution in [2.45, 2.75) is 62.5 Å². The van der Waals surface area contributed by atoms with Crippen LogP contribution in [0.4, 0.5) is 17.6 Å². The molecule has 4 fully saturated rings. The van der Waals surface area contributed by atoms with Gasteiger partial charge in [0.1, 0.15) is 0 Å². The number of rotatable bonds is 8. The van der Waals surface area contributed by atoms with Crippen LogP contribution < -0.4 is 0 Å². The van der Waals surface area contributed by atoms with Crippen LogP contribution in [0.3, 0.4) is 0 Å². The Labute approximate surface area is 168 Å². The zero-order valence-corrected chi connectivity index (χ0v) is 16.7. The summed E-state index contributed by atoms with van der Waals surface area (Å²) >= 11 is -4.01. The quantitative estimate of drug-likeness (QED) is 0.267. The molecule has 0 amide bonds. The van der Waals surface area contributed by atoms with Crippen LogP contribution in [-0.4, -0.2) is 45.6 Å². The summed E-state index contributed by atoms with van der Waals surface area (Å²) < 4.78 is 82.1. The minimum atomic E-state index is -5.08. The highest BCUT2D eigenvalue weighted by molar-refractivity contribution is 7.80. The molecular formula is C18H24F4O6S. The van der Waals surface area contributed by atoms with E-state index in [2.05, 4.69) is 0 Å². The molecule has 0 aliphatic heterocycles. The molecule has 4 saturated carbocycles. The minimum Gasteiger partial charge on any atom is -0.469 e. The molecule has 11 heteroatoms. The fourth-order valence-corrected chi connectivity index (χ4v) is 6.20. The van der Waals surface area contributed by atoms with E-state index in [9.17, 15) is 31.4 Å². The Balaban J connectivity index is 1.60. The van der Waals surface area contributed by atoms with Gasteiger partial charge in [0.05, 0.1) is 24.5 Å². The van der Waals surface area contributed by atoms with Gasteiger partial charge in [0.2, 0.25) is 11.1 Å². The fourth-order valence-electron chi connectivity index (χ4n) is 5.84. The van der Waals surface area contributed by atoms with E-state index in [1.54, 1.807) is 0 Å². The van der Waals surface area contributed by atoms with Gasteiger partial charge >= 0.3 is 23.1 Å². The van der Waals surface area contributed by atoms with Crippen LogP contribution >= 0.6 is 0 Å². The summed E-state index contributed by atoms with van der Waals surface area (Å²) in [5, 5.41) is -5.08. The molecule has 0 aromatic heterocycles. The molecule has 1 N–H and O–H groups in total. The maximum atomic E-state index is 13.5. The second kappa shape index (κ2) is 7.47. The number of hydrogen-bond acceptors (Lipinski definition) is 5. The molecule has 6 nitrogen and oxygen atoms in total. The molecule has 166 valence electrons. The first-order valence-electron chi connectivity index (χ1n) is 9.50. The number of carbonyl (C=O) groups is 2. The first kappa shape index (κ1) is 22.5. The molecular weight excluding hydrogens is 420 g/mol. The number of halogens is 4. The molecule has 4 bridgehead atoms. The van der Waals surface area contributed by atoms with Crippen LogP contribution in [0.1, 0.15) is 51.4 Å². The van der Waals surface area contributed by atoms with Gasteiger partial charge in [0, 0.05) is 6.42 Å². The monoisotopic (exact) mass is 444 g/mol. The van der Waals surface area contributed by atoms with Gasteiger partial charge in [-0.05, 0) is 56.8 Å². The largest absolute Gasteiger partial charge is 0.469 e. The SMILES string of the molecule is COC(=O)C12CC3CC(C1)CC(C(=O)OCCCC(F)(F)C(F)(F)S(=O)O)(C3)C2. The average molecular weight is 444 g/mol. The van der Waals surface area contributed by atoms with Crippen LogP contribution in [0, 0.1) is 22.7 Å². The predicted octanol–water partition coefficient (Wildman–Crippen LogP) is 3.52. The van der Waals surface area contributed by atoms with E-state index in [-0.39, 0.29) is 24.2 Å². The summed E-state index contributed by atoms with van der Waals surface area (Å²) in [5.74, 6) is -5.27. The zero-order valence-electron chi connectivity index (χ0n) is 15.9. The van der Waals surface area contributed by atoms with Gasteiger partial charge in [-0.25, -0.2) is 4.21 Å². The summed E-state index contributed by atoms with van der Waals surface area (Å²) in [6.07, 6.45) is 1.65. The number of esters is 2. The Morgan fingerprint density at radius 2 is 1.59 bits per heavy atom. The van der Waals surface area contributed by atoms with Crippen molar-refractivity contribution in [2.75, 3.05) is 13.7 Å². The molecule has 0 aromatic rings. The molecule has 4 aliphatic carbocycles. The number of ether oxygens (including phenoxy) is 2. The van der Waals surface area contributed by atoms with E-state index >= 15 is 0 Å². The second-order valence-electron chi connectivity index (χ2n) is 8.72. The Bertz CT molecular complexity index is 698. The lowest BCUT2D eigenvalue weighted by Gasteiger charge is -2.59. The van der Waals surface area contributed by atoms with Gasteiger partial charge in [0.25, 0.3) is 0 Å². The summed E-state index contributed by atoms with van der Waals surface area (Å²) in [7, 11) is 1.31. The summed E-state index contributed by atoms with van der Waals surface area (Å²) in [5.41, 5.74) is -1.60. The standard InChI is InChI=1S/C18H24F4O6S/c1-27-13(23)15-6-11-5-12(7-15)9-16(8-11,10-15)14(24)28-4-2-3-17(19,20)18(21,22)29(25)26/h11-12H,2-10H2,1H3,(H,25,26). The van der Waals surface area contributed by atoms with Crippen molar-refractivity contribution in [3.8, 4) is 0 Å². The fraction of sp³-hybridized carbons (Fsp3) is 0.889. The maximum Gasteiger partial charge on any atom is 0.406 e. The molecule has 3 unspecified atom stereocenters. The first-order valence-corrected chi connectivity index (χ1v) is 10.6. The number of alkyl halides is 4. The first-order chi connectivity index (χ1) is 13.4. The van der Waals surface area contributed by atoms with Gasteiger partial charge in [-0.15, -0.1) is 0 Å². The molecule has 4 rings (SSSR count). The predicted molar refractivity (Wildman–Crippen MR) is 92.4 cm³/mol. The number of methoxy groups -OCH3 is 1. The van der Waals surface area contributed by atoms with E-state index < -0.39 is 58.5 Å². The highest BCUT2D eigenvalue weighted by atomic mass is 32.2. The van der Waals surface area contributed by atoms with E-state index in [0.717, 1.165) is 6.42 Å². The van der Waals surface area contributed by atoms with Gasteiger partial charge in [-0.2, -0.15) is 17.6 Å². The zero-order chi connectivity index (χ0) is 21.7. The highest BCUT2D eigenvalue weighted by Crippen LogP contribution is 2.65. The number of hydrogen-bond donors (Lipinski definition) is 1. The van der Waals surface area contributed by atoms with E-state index in [0.29, 0.717) is 25.7 Å². The smallest absolute Gasteiger partial charge is 0.406 e. The van der Waals surface area contributed by atoms with Gasteiger partial charge in [-0.1, -0.05) is 0 Å². The summed E-state index contributed by atoms with van der Waals surface area (Å²) in [6.45, 7) is -0.509. The normalized spacial score (nSPS) is 34.7. The Morgan fingerprint density at radius 1 is 1.07 bits per heavy atom. The van der Waals surface area contributed by atoms with E-state index in [1.165, 1.54) is 7.11 Å². The van der Waals surface area contributed by atoms with E-state index in [1.807, 2.05) is 0 Å². The Kier molecular flexibility index (Phi) is 5.79. The Hall–Kier alpha value is -1.23. The third-order valence-electron chi connectivity index (χ3n) is 6.63. The molecule has 0 saturated heterocycles. The van der Waals surface area contributed by atoms with E-state index in [4.69, 9.17) is 14.0 Å². The molecule has 4 aliphatic rings. The van der Waals surface area contributed by atoms with Crippen LogP contribution in [0.15, 0.2) is 0 Å². The van der Waals surface area contributed by atoms with Crippen molar-refractivity contribution < 1.29 is 45.4 Å². The third kappa shape index (κ3) is 3.80. The Morgan fingerprint density at radius 3 is 2.07 bits per heavy atom. The summed E-state index contributed by atoms with van der Waals surface area (Å²) in [4.78, 5) is 25.2. The summed E-state index contributed by atoms with van der Waals surface area (Å²) in [6, 6.07) is 0. The van der Waals surface area contributed by atoms with Crippen molar-refractivity contribution in [3.05, 3.63) is 0 Å². The van der Waals surface area contributed by atoms with Crippen LogP contribution in [-0.2, 0) is 30.1 Å². The topological polar surface area (TPSA) is 89.9 Å². The maximum absolute atomic E-state index is 13.5.